The van der Waals surface area contributed by atoms with E-state index in [1.165, 1.54) is 12.8 Å². The molecule has 1 unspecified atom stereocenters. The van der Waals surface area contributed by atoms with Gasteiger partial charge in [-0.2, -0.15) is 0 Å². The second kappa shape index (κ2) is 12.6. The normalized spacial score (nSPS) is 21.4. The number of rotatable bonds is 5. The van der Waals surface area contributed by atoms with Gasteiger partial charge in [-0.3, -0.25) is 4.79 Å². The molecule has 1 amide bonds. The third-order valence-corrected chi connectivity index (χ3v) is 3.17. The van der Waals surface area contributed by atoms with Gasteiger partial charge in [0.05, 0.1) is 12.0 Å². The van der Waals surface area contributed by atoms with Crippen LogP contribution < -0.4 is 27.0 Å². The number of nitrogens with two attached hydrogens (primary N) is 2. The van der Waals surface area contributed by atoms with Crippen LogP contribution in [0.5, 0.6) is 0 Å². The van der Waals surface area contributed by atoms with Crippen molar-refractivity contribution >= 4 is 17.8 Å². The first kappa shape index (κ1) is 23.3. The molecule has 1 saturated carbocycles. The van der Waals surface area contributed by atoms with Crippen molar-refractivity contribution in [1.29, 1.82) is 0 Å². The van der Waals surface area contributed by atoms with Crippen molar-refractivity contribution in [3.05, 3.63) is 0 Å². The summed E-state index contributed by atoms with van der Waals surface area (Å²) in [5, 5.41) is 22.3. The number of carbonyl (C=O) groups excluding carboxylic acids is 3. The number of hydrogen-bond acceptors (Lipinski definition) is 7. The maximum Gasteiger partial charge on any atom is 2.00 e. The van der Waals surface area contributed by atoms with Gasteiger partial charge in [-0.25, -0.2) is 0 Å². The van der Waals surface area contributed by atoms with Gasteiger partial charge in [-0.05, 0) is 25.7 Å². The van der Waals surface area contributed by atoms with Crippen LogP contribution in [0.3, 0.4) is 0 Å². The molecule has 0 saturated heterocycles. The number of carbonyl (C=O) groups is 3. The van der Waals surface area contributed by atoms with E-state index < -0.39 is 30.3 Å². The molecule has 8 nitrogen and oxygen atoms in total. The van der Waals surface area contributed by atoms with Crippen LogP contribution in [0.2, 0.25) is 0 Å². The van der Waals surface area contributed by atoms with E-state index in [2.05, 4.69) is 0 Å². The van der Waals surface area contributed by atoms with Gasteiger partial charge in [0.2, 0.25) is 5.91 Å². The van der Waals surface area contributed by atoms with Gasteiger partial charge in [0.25, 0.3) is 0 Å². The topological polar surface area (TPSA) is 161 Å². The van der Waals surface area contributed by atoms with Crippen molar-refractivity contribution in [2.45, 2.75) is 63.6 Å². The Morgan fingerprint density at radius 3 is 1.86 bits per heavy atom. The van der Waals surface area contributed by atoms with Crippen molar-refractivity contribution in [2.24, 2.45) is 11.5 Å². The largest absolute Gasteiger partial charge is 2.00 e. The predicted molar refractivity (Wildman–Crippen MR) is 71.3 cm³/mol. The van der Waals surface area contributed by atoms with Crippen LogP contribution in [0, 0.1) is 0 Å². The van der Waals surface area contributed by atoms with Gasteiger partial charge in [-0.1, -0.05) is 12.8 Å². The van der Waals surface area contributed by atoms with E-state index in [4.69, 9.17) is 11.5 Å². The van der Waals surface area contributed by atoms with Crippen LogP contribution in [0.4, 0.5) is 0 Å². The molecule has 0 radical (unpaired) electrons. The molecule has 1 aliphatic rings. The zero-order valence-corrected chi connectivity index (χ0v) is 14.8. The standard InChI is InChI=1S/C7H11NO5.C6H14N2.Pt/c1-4(9)8-5(7(12)13)2-3-6(10)11;7-5-3-1-2-4-6(5)8;/h5H,2-3H2,1H3,(H,8,9)(H,10,11)(H,12,13);5-6H,1-4,7-8H2;/q;;+2/p-2/t;5-,6-;/m.1./s1. The van der Waals surface area contributed by atoms with Crippen LogP contribution in [0.1, 0.15) is 45.4 Å². The monoisotopic (exact) mass is 496 g/mol. The van der Waals surface area contributed by atoms with Gasteiger partial charge in [0.1, 0.15) is 0 Å². The molecule has 3 atom stereocenters. The quantitative estimate of drug-likeness (QED) is 0.365. The summed E-state index contributed by atoms with van der Waals surface area (Å²) in [6, 6.07) is -0.706. The van der Waals surface area contributed by atoms with Gasteiger partial charge in [0, 0.05) is 25.0 Å². The van der Waals surface area contributed by atoms with Gasteiger partial charge in [0.15, 0.2) is 0 Å². The number of aliphatic carboxylic acids is 2. The predicted octanol–water partition coefficient (Wildman–Crippen LogP) is -3.02. The SMILES string of the molecule is CC(=O)NC(CCC(=O)[O-])C(=O)[O-].N[C@@H]1CCCC[C@H]1N.[Pt+2]. The van der Waals surface area contributed by atoms with Crippen molar-refractivity contribution in [3.8, 4) is 0 Å². The first-order valence-electron chi connectivity index (χ1n) is 6.93. The van der Waals surface area contributed by atoms with Crippen molar-refractivity contribution in [3.63, 3.8) is 0 Å². The smallest absolute Gasteiger partial charge is 0.550 e. The zero-order valence-electron chi connectivity index (χ0n) is 12.5. The Morgan fingerprint density at radius 1 is 1.14 bits per heavy atom. The Morgan fingerprint density at radius 2 is 1.59 bits per heavy atom. The van der Waals surface area contributed by atoms with Crippen molar-refractivity contribution in [1.82, 2.24) is 5.32 Å². The average Bonchev–Trinajstić information content (AvgIpc) is 2.38. The van der Waals surface area contributed by atoms with Crippen molar-refractivity contribution < 1.29 is 45.7 Å². The fourth-order valence-corrected chi connectivity index (χ4v) is 1.94. The Bertz CT molecular complexity index is 358. The maximum absolute atomic E-state index is 10.4. The molecule has 1 rings (SSSR count). The van der Waals surface area contributed by atoms with E-state index in [0.29, 0.717) is 0 Å². The Balaban J connectivity index is 0. The molecule has 0 aliphatic heterocycles. The molecular formula is C13H23N3O5Pt. The average molecular weight is 496 g/mol. The van der Waals surface area contributed by atoms with E-state index in [-0.39, 0.29) is 39.6 Å². The minimum absolute atomic E-state index is 0. The molecule has 1 fully saturated rings. The van der Waals surface area contributed by atoms with Gasteiger partial charge >= 0.3 is 21.1 Å². The maximum atomic E-state index is 10.4. The second-order valence-corrected chi connectivity index (χ2v) is 5.09. The fourth-order valence-electron chi connectivity index (χ4n) is 1.94. The van der Waals surface area contributed by atoms with Gasteiger partial charge < -0.3 is 36.6 Å². The molecule has 0 heterocycles. The summed E-state index contributed by atoms with van der Waals surface area (Å²) in [4.78, 5) is 30.7. The Labute approximate surface area is 144 Å². The number of hydrogen-bond donors (Lipinski definition) is 3. The Hall–Kier alpha value is -0.982. The molecule has 0 aromatic carbocycles. The summed E-state index contributed by atoms with van der Waals surface area (Å²) in [6.07, 6.45) is 4.13. The molecule has 0 spiro atoms. The van der Waals surface area contributed by atoms with E-state index in [1.54, 1.807) is 0 Å². The Kier molecular flexibility index (Phi) is 13.3. The molecule has 22 heavy (non-hydrogen) atoms. The number of nitrogens with one attached hydrogen (secondary N) is 1. The minimum atomic E-state index is -1.50. The van der Waals surface area contributed by atoms with E-state index >= 15 is 0 Å². The molecule has 0 aromatic heterocycles. The van der Waals surface area contributed by atoms with Crippen molar-refractivity contribution in [2.75, 3.05) is 0 Å². The van der Waals surface area contributed by atoms with Crippen LogP contribution in [0.25, 0.3) is 0 Å². The summed E-state index contributed by atoms with van der Waals surface area (Å²) >= 11 is 0. The van der Waals surface area contributed by atoms with E-state index in [0.717, 1.165) is 19.8 Å². The summed E-state index contributed by atoms with van der Waals surface area (Å²) in [6.45, 7) is 1.13. The first-order valence-corrected chi connectivity index (χ1v) is 6.93. The number of carboxylic acids is 2. The molecule has 0 aromatic rings. The minimum Gasteiger partial charge on any atom is -0.550 e. The van der Waals surface area contributed by atoms with Crippen LogP contribution in [-0.2, 0) is 35.4 Å². The second-order valence-electron chi connectivity index (χ2n) is 5.09. The molecule has 1 aliphatic carbocycles. The summed E-state index contributed by atoms with van der Waals surface area (Å²) in [7, 11) is 0. The molecular weight excluding hydrogens is 473 g/mol. The fraction of sp³-hybridized carbons (Fsp3) is 0.769. The summed E-state index contributed by atoms with van der Waals surface area (Å²) in [5.41, 5.74) is 11.3. The molecule has 5 N–H and O–H groups in total. The number of carboxylic acid groups (broad SMARTS) is 2. The molecule has 9 heteroatoms. The molecule has 130 valence electrons. The van der Waals surface area contributed by atoms with Gasteiger partial charge in [-0.15, -0.1) is 0 Å². The summed E-state index contributed by atoms with van der Waals surface area (Å²) < 4.78 is 0. The molecule has 0 bridgehead atoms. The van der Waals surface area contributed by atoms with Crippen LogP contribution >= 0.6 is 0 Å². The number of amides is 1. The first-order chi connectivity index (χ1) is 9.73. The zero-order chi connectivity index (χ0) is 16.4. The third-order valence-electron chi connectivity index (χ3n) is 3.17. The van der Waals surface area contributed by atoms with E-state index in [1.807, 2.05) is 5.32 Å². The van der Waals surface area contributed by atoms with Crippen LogP contribution in [0.15, 0.2) is 0 Å². The third kappa shape index (κ3) is 11.7. The summed E-state index contributed by atoms with van der Waals surface area (Å²) in [5.74, 6) is -3.42. The van der Waals surface area contributed by atoms with E-state index in [9.17, 15) is 24.6 Å². The van der Waals surface area contributed by atoms with Crippen LogP contribution in [-0.4, -0.2) is 36.0 Å².